The summed E-state index contributed by atoms with van der Waals surface area (Å²) in [5.41, 5.74) is 5.89. The maximum absolute atomic E-state index is 10.6. The molecule has 0 aromatic heterocycles. The molecule has 0 radical (unpaired) electrons. The van der Waals surface area contributed by atoms with Crippen molar-refractivity contribution in [1.29, 1.82) is 0 Å². The van der Waals surface area contributed by atoms with E-state index >= 15 is 0 Å². The van der Waals surface area contributed by atoms with E-state index in [0.29, 0.717) is 5.75 Å². The molecule has 0 saturated heterocycles. The van der Waals surface area contributed by atoms with E-state index in [1.165, 1.54) is 11.1 Å². The highest BCUT2D eigenvalue weighted by Gasteiger charge is 2.38. The molecule has 1 atom stereocenters. The fraction of sp³-hybridized carbons (Fsp3) is 0.350. The van der Waals surface area contributed by atoms with Gasteiger partial charge in [-0.05, 0) is 59.8 Å². The number of halogens is 3. The Morgan fingerprint density at radius 3 is 2.63 bits per heavy atom. The van der Waals surface area contributed by atoms with Crippen LogP contribution in [0, 0.1) is 0 Å². The molecule has 10 heteroatoms. The SMILES string of the molecule is COc1cc2c(cc1O)C[C@@H]1NCCc3cc4c(c-2c31)OCO4.O=C(O)C(F)(F)F. The van der Waals surface area contributed by atoms with E-state index in [2.05, 4.69) is 11.4 Å². The predicted molar refractivity (Wildman–Crippen MR) is 98.1 cm³/mol. The fourth-order valence-electron chi connectivity index (χ4n) is 4.04. The molecule has 160 valence electrons. The molecule has 0 bridgehead atoms. The lowest BCUT2D eigenvalue weighted by atomic mass is 9.77. The van der Waals surface area contributed by atoms with Gasteiger partial charge in [0.25, 0.3) is 0 Å². The zero-order valence-electron chi connectivity index (χ0n) is 15.8. The number of carbonyl (C=O) groups is 1. The lowest BCUT2D eigenvalue weighted by Gasteiger charge is -2.35. The molecule has 2 aromatic carbocycles. The topological polar surface area (TPSA) is 97.3 Å². The molecule has 0 fully saturated rings. The summed E-state index contributed by atoms with van der Waals surface area (Å²) in [4.78, 5) is 8.90. The van der Waals surface area contributed by atoms with Gasteiger partial charge in [-0.15, -0.1) is 0 Å². The summed E-state index contributed by atoms with van der Waals surface area (Å²) in [5, 5.41) is 20.8. The number of phenolic OH excluding ortho intramolecular Hbond substituents is 1. The minimum atomic E-state index is -5.08. The quantitative estimate of drug-likeness (QED) is 0.646. The summed E-state index contributed by atoms with van der Waals surface area (Å²) >= 11 is 0. The lowest BCUT2D eigenvalue weighted by Crippen LogP contribution is -2.33. The molecule has 7 nitrogen and oxygen atoms in total. The van der Waals surface area contributed by atoms with Crippen molar-refractivity contribution in [3.63, 3.8) is 0 Å². The zero-order chi connectivity index (χ0) is 21.6. The molecule has 3 aliphatic rings. The monoisotopic (exact) mass is 425 g/mol. The third kappa shape index (κ3) is 3.36. The average Bonchev–Trinajstić information content (AvgIpc) is 3.15. The standard InChI is InChI=1S/C18H17NO4.C2HF3O2/c1-21-14-7-11-10(5-13(14)20)4-12-16-9(2-3-19-12)6-15-18(17(11)16)23-8-22-15;3-2(4,5)1(6)7/h5-7,12,19-20H,2-4,8H2,1H3;(H,6,7)/t12-;/m0./s1. The molecule has 0 spiro atoms. The number of benzene rings is 2. The van der Waals surface area contributed by atoms with Crippen LogP contribution in [0.1, 0.15) is 22.7 Å². The number of aliphatic carboxylic acids is 1. The smallest absolute Gasteiger partial charge is 0.490 e. The van der Waals surface area contributed by atoms with Crippen molar-refractivity contribution in [3.05, 3.63) is 34.9 Å². The highest BCUT2D eigenvalue weighted by atomic mass is 19.4. The van der Waals surface area contributed by atoms with E-state index in [1.54, 1.807) is 7.11 Å². The van der Waals surface area contributed by atoms with Crippen LogP contribution in [0.2, 0.25) is 0 Å². The van der Waals surface area contributed by atoms with Gasteiger partial charge in [-0.25, -0.2) is 4.79 Å². The Morgan fingerprint density at radius 2 is 1.97 bits per heavy atom. The number of alkyl halides is 3. The molecule has 30 heavy (non-hydrogen) atoms. The van der Waals surface area contributed by atoms with Gasteiger partial charge in [0.15, 0.2) is 23.0 Å². The third-order valence-corrected chi connectivity index (χ3v) is 5.26. The van der Waals surface area contributed by atoms with Gasteiger partial charge in [0.2, 0.25) is 6.79 Å². The molecular formula is C20H18F3NO6. The first-order chi connectivity index (χ1) is 14.2. The number of ether oxygens (including phenoxy) is 3. The number of methoxy groups -OCH3 is 1. The number of aromatic hydroxyl groups is 1. The minimum Gasteiger partial charge on any atom is -0.504 e. The Bertz CT molecular complexity index is 1020. The van der Waals surface area contributed by atoms with Crippen LogP contribution < -0.4 is 19.5 Å². The number of hydrogen-bond acceptors (Lipinski definition) is 6. The number of carboxylic acids is 1. The van der Waals surface area contributed by atoms with E-state index in [4.69, 9.17) is 24.1 Å². The molecule has 0 unspecified atom stereocenters. The number of rotatable bonds is 1. The second kappa shape index (κ2) is 7.28. The Morgan fingerprint density at radius 1 is 1.23 bits per heavy atom. The molecule has 5 rings (SSSR count). The van der Waals surface area contributed by atoms with Crippen molar-refractivity contribution in [2.24, 2.45) is 0 Å². The summed E-state index contributed by atoms with van der Waals surface area (Å²) in [6.07, 6.45) is -3.24. The van der Waals surface area contributed by atoms with Crippen LogP contribution in [-0.2, 0) is 17.6 Å². The van der Waals surface area contributed by atoms with Crippen molar-refractivity contribution in [1.82, 2.24) is 5.32 Å². The highest BCUT2D eigenvalue weighted by molar-refractivity contribution is 5.85. The van der Waals surface area contributed by atoms with Crippen LogP contribution in [0.15, 0.2) is 18.2 Å². The van der Waals surface area contributed by atoms with E-state index in [0.717, 1.165) is 47.6 Å². The average molecular weight is 425 g/mol. The number of fused-ring (bicyclic) bond motifs is 4. The highest BCUT2D eigenvalue weighted by Crippen LogP contribution is 2.53. The number of carboxylic acid groups (broad SMARTS) is 1. The normalized spacial score (nSPS) is 17.9. The van der Waals surface area contributed by atoms with Crippen LogP contribution in [0.4, 0.5) is 13.2 Å². The maximum Gasteiger partial charge on any atom is 0.490 e. The van der Waals surface area contributed by atoms with Crippen LogP contribution >= 0.6 is 0 Å². The number of hydrogen-bond donors (Lipinski definition) is 3. The van der Waals surface area contributed by atoms with Gasteiger partial charge < -0.3 is 29.7 Å². The Kier molecular flexibility index (Phi) is 4.89. The van der Waals surface area contributed by atoms with Gasteiger partial charge in [-0.2, -0.15) is 13.2 Å². The van der Waals surface area contributed by atoms with Gasteiger partial charge in [0.05, 0.1) is 7.11 Å². The summed E-state index contributed by atoms with van der Waals surface area (Å²) < 4.78 is 48.5. The van der Waals surface area contributed by atoms with Gasteiger partial charge in [-0.3, -0.25) is 0 Å². The van der Waals surface area contributed by atoms with Crippen molar-refractivity contribution in [2.75, 3.05) is 20.4 Å². The van der Waals surface area contributed by atoms with E-state index < -0.39 is 12.1 Å². The van der Waals surface area contributed by atoms with Gasteiger partial charge >= 0.3 is 12.1 Å². The van der Waals surface area contributed by atoms with Crippen molar-refractivity contribution in [2.45, 2.75) is 25.1 Å². The third-order valence-electron chi connectivity index (χ3n) is 5.26. The van der Waals surface area contributed by atoms with Crippen molar-refractivity contribution < 1.29 is 42.4 Å². The molecule has 3 N–H and O–H groups in total. The van der Waals surface area contributed by atoms with Crippen LogP contribution in [0.25, 0.3) is 11.1 Å². The van der Waals surface area contributed by atoms with E-state index in [9.17, 15) is 18.3 Å². The lowest BCUT2D eigenvalue weighted by molar-refractivity contribution is -0.192. The summed E-state index contributed by atoms with van der Waals surface area (Å²) in [6.45, 7) is 1.21. The van der Waals surface area contributed by atoms with Crippen molar-refractivity contribution in [3.8, 4) is 34.1 Å². The fourth-order valence-corrected chi connectivity index (χ4v) is 4.04. The first-order valence-corrected chi connectivity index (χ1v) is 9.09. The maximum atomic E-state index is 10.6. The van der Waals surface area contributed by atoms with Crippen LogP contribution in [-0.4, -0.2) is 42.8 Å². The molecule has 2 aliphatic heterocycles. The van der Waals surface area contributed by atoms with E-state index in [-0.39, 0.29) is 18.6 Å². The van der Waals surface area contributed by atoms with E-state index in [1.807, 2.05) is 12.1 Å². The molecule has 0 amide bonds. The second-order valence-corrected chi connectivity index (χ2v) is 7.00. The molecule has 0 saturated carbocycles. The molecular weight excluding hydrogens is 407 g/mol. The summed E-state index contributed by atoms with van der Waals surface area (Å²) in [5.74, 6) is -0.468. The summed E-state index contributed by atoms with van der Waals surface area (Å²) in [7, 11) is 1.57. The Balaban J connectivity index is 0.000000272. The van der Waals surface area contributed by atoms with Crippen molar-refractivity contribution >= 4 is 5.97 Å². The second-order valence-electron chi connectivity index (χ2n) is 7.00. The first-order valence-electron chi connectivity index (χ1n) is 9.09. The zero-order valence-corrected chi connectivity index (χ0v) is 15.8. The Hall–Kier alpha value is -3.14. The number of nitrogens with one attached hydrogen (secondary N) is 1. The van der Waals surface area contributed by atoms with Gasteiger partial charge in [0, 0.05) is 11.6 Å². The summed E-state index contributed by atoms with van der Waals surface area (Å²) in [6, 6.07) is 6.09. The first kappa shape index (κ1) is 20.1. The number of phenols is 1. The molecule has 2 aromatic rings. The van der Waals surface area contributed by atoms with Crippen LogP contribution in [0.5, 0.6) is 23.0 Å². The molecule has 2 heterocycles. The van der Waals surface area contributed by atoms with Gasteiger partial charge in [-0.1, -0.05) is 0 Å². The predicted octanol–water partition coefficient (Wildman–Crippen LogP) is 3.17. The van der Waals surface area contributed by atoms with Crippen LogP contribution in [0.3, 0.4) is 0 Å². The largest absolute Gasteiger partial charge is 0.504 e. The minimum absolute atomic E-state index is 0.176. The van der Waals surface area contributed by atoms with Gasteiger partial charge in [0.1, 0.15) is 0 Å². The molecule has 1 aliphatic carbocycles. The Labute approximate surface area is 169 Å².